The number of aryl methyl sites for hydroxylation is 2. The summed E-state index contributed by atoms with van der Waals surface area (Å²) in [7, 11) is 1.57. The Morgan fingerprint density at radius 1 is 1.29 bits per heavy atom. The Morgan fingerprint density at radius 2 is 1.95 bits per heavy atom. The quantitative estimate of drug-likeness (QED) is 0.925. The molecule has 1 aromatic carbocycles. The van der Waals surface area contributed by atoms with E-state index in [9.17, 15) is 9.59 Å². The molecule has 0 aliphatic rings. The monoisotopic (exact) mass is 287 g/mol. The summed E-state index contributed by atoms with van der Waals surface area (Å²) in [6, 6.07) is 8.43. The van der Waals surface area contributed by atoms with Crippen LogP contribution in [0.3, 0.4) is 0 Å². The Morgan fingerprint density at radius 3 is 2.57 bits per heavy atom. The number of ether oxygens (including phenoxy) is 1. The van der Waals surface area contributed by atoms with E-state index in [2.05, 4.69) is 10.4 Å². The van der Waals surface area contributed by atoms with Gasteiger partial charge in [0.25, 0.3) is 5.56 Å². The van der Waals surface area contributed by atoms with E-state index in [0.29, 0.717) is 11.4 Å². The zero-order valence-electron chi connectivity index (χ0n) is 12.2. The number of rotatable bonds is 4. The minimum absolute atomic E-state index is 0.119. The predicted molar refractivity (Wildman–Crippen MR) is 79.6 cm³/mol. The standard InChI is InChI=1S/C15H17N3O3/c1-10-8-15(20)18(17-11(10)2)9-14(19)16-12-4-6-13(21-3)7-5-12/h4-8H,9H2,1-3H3,(H,16,19). The molecule has 110 valence electrons. The Labute approximate surface area is 122 Å². The van der Waals surface area contributed by atoms with Crippen LogP contribution in [0, 0.1) is 13.8 Å². The van der Waals surface area contributed by atoms with Gasteiger partial charge in [-0.05, 0) is 43.7 Å². The summed E-state index contributed by atoms with van der Waals surface area (Å²) in [5.74, 6) is 0.401. The molecule has 0 atom stereocenters. The van der Waals surface area contributed by atoms with Crippen molar-refractivity contribution in [2.75, 3.05) is 12.4 Å². The Balaban J connectivity index is 2.07. The second-order valence-electron chi connectivity index (χ2n) is 4.69. The van der Waals surface area contributed by atoms with Gasteiger partial charge in [-0.3, -0.25) is 9.59 Å². The van der Waals surface area contributed by atoms with Crippen LogP contribution < -0.4 is 15.6 Å². The Bertz CT molecular complexity index is 705. The third-order valence-electron chi connectivity index (χ3n) is 3.10. The first-order valence-electron chi connectivity index (χ1n) is 6.49. The van der Waals surface area contributed by atoms with Gasteiger partial charge in [-0.25, -0.2) is 4.68 Å². The first-order valence-corrected chi connectivity index (χ1v) is 6.49. The van der Waals surface area contributed by atoms with Crippen molar-refractivity contribution < 1.29 is 9.53 Å². The smallest absolute Gasteiger partial charge is 0.267 e. The molecule has 0 saturated heterocycles. The van der Waals surface area contributed by atoms with Crippen LogP contribution in [0.4, 0.5) is 5.69 Å². The van der Waals surface area contributed by atoms with Gasteiger partial charge in [0.15, 0.2) is 0 Å². The molecule has 1 aromatic heterocycles. The van der Waals surface area contributed by atoms with Gasteiger partial charge >= 0.3 is 0 Å². The average Bonchev–Trinajstić information content (AvgIpc) is 2.45. The van der Waals surface area contributed by atoms with Crippen molar-refractivity contribution in [3.8, 4) is 5.75 Å². The molecule has 1 amide bonds. The molecule has 0 radical (unpaired) electrons. The van der Waals surface area contributed by atoms with Gasteiger partial charge in [0.1, 0.15) is 12.3 Å². The summed E-state index contributed by atoms with van der Waals surface area (Å²) in [4.78, 5) is 23.7. The van der Waals surface area contributed by atoms with Crippen LogP contribution in [0.5, 0.6) is 5.75 Å². The lowest BCUT2D eigenvalue weighted by atomic mass is 10.2. The zero-order chi connectivity index (χ0) is 15.4. The lowest BCUT2D eigenvalue weighted by molar-refractivity contribution is -0.117. The molecule has 1 N–H and O–H groups in total. The van der Waals surface area contributed by atoms with Gasteiger partial charge in [-0.2, -0.15) is 5.10 Å². The van der Waals surface area contributed by atoms with Gasteiger partial charge in [0, 0.05) is 11.8 Å². The molecular formula is C15H17N3O3. The summed E-state index contributed by atoms with van der Waals surface area (Å²) < 4.78 is 6.20. The minimum atomic E-state index is -0.307. The highest BCUT2D eigenvalue weighted by Gasteiger charge is 2.08. The first-order chi connectivity index (χ1) is 9.99. The topological polar surface area (TPSA) is 73.2 Å². The number of methoxy groups -OCH3 is 1. The highest BCUT2D eigenvalue weighted by atomic mass is 16.5. The van der Waals surface area contributed by atoms with Crippen molar-refractivity contribution in [1.29, 1.82) is 0 Å². The van der Waals surface area contributed by atoms with Crippen LogP contribution in [-0.4, -0.2) is 22.8 Å². The van der Waals surface area contributed by atoms with Crippen molar-refractivity contribution in [2.24, 2.45) is 0 Å². The molecule has 2 rings (SSSR count). The SMILES string of the molecule is COc1ccc(NC(=O)Cn2nc(C)c(C)cc2=O)cc1. The lowest BCUT2D eigenvalue weighted by Crippen LogP contribution is -2.30. The maximum absolute atomic E-state index is 11.9. The maximum atomic E-state index is 11.9. The first kappa shape index (κ1) is 14.8. The number of carbonyl (C=O) groups is 1. The number of aromatic nitrogens is 2. The van der Waals surface area contributed by atoms with Crippen molar-refractivity contribution in [1.82, 2.24) is 9.78 Å². The van der Waals surface area contributed by atoms with Crippen molar-refractivity contribution in [3.63, 3.8) is 0 Å². The van der Waals surface area contributed by atoms with E-state index < -0.39 is 0 Å². The number of carbonyl (C=O) groups excluding carboxylic acids is 1. The van der Waals surface area contributed by atoms with Crippen LogP contribution in [0.15, 0.2) is 35.1 Å². The molecule has 0 aliphatic heterocycles. The zero-order valence-corrected chi connectivity index (χ0v) is 12.2. The highest BCUT2D eigenvalue weighted by molar-refractivity contribution is 5.90. The number of benzene rings is 1. The number of nitrogens with zero attached hydrogens (tertiary/aromatic N) is 2. The molecule has 0 unspecified atom stereocenters. The summed E-state index contributed by atoms with van der Waals surface area (Å²) >= 11 is 0. The van der Waals surface area contributed by atoms with E-state index in [-0.39, 0.29) is 18.0 Å². The molecule has 0 saturated carbocycles. The average molecular weight is 287 g/mol. The number of nitrogens with one attached hydrogen (secondary N) is 1. The summed E-state index contributed by atoms with van der Waals surface area (Å²) in [6.07, 6.45) is 0. The third kappa shape index (κ3) is 3.68. The van der Waals surface area contributed by atoms with Gasteiger partial charge in [-0.15, -0.1) is 0 Å². The number of hydrogen-bond acceptors (Lipinski definition) is 4. The lowest BCUT2D eigenvalue weighted by Gasteiger charge is -2.08. The normalized spacial score (nSPS) is 10.2. The van der Waals surface area contributed by atoms with Crippen molar-refractivity contribution in [3.05, 3.63) is 51.9 Å². The van der Waals surface area contributed by atoms with E-state index >= 15 is 0 Å². The molecule has 21 heavy (non-hydrogen) atoms. The molecular weight excluding hydrogens is 270 g/mol. The minimum Gasteiger partial charge on any atom is -0.497 e. The fourth-order valence-electron chi connectivity index (χ4n) is 1.80. The fourth-order valence-corrected chi connectivity index (χ4v) is 1.80. The van der Waals surface area contributed by atoms with E-state index in [1.807, 2.05) is 6.92 Å². The second-order valence-corrected chi connectivity index (χ2v) is 4.69. The van der Waals surface area contributed by atoms with Crippen LogP contribution in [0.2, 0.25) is 0 Å². The third-order valence-corrected chi connectivity index (χ3v) is 3.10. The Hall–Kier alpha value is -2.63. The van der Waals surface area contributed by atoms with E-state index in [1.54, 1.807) is 38.3 Å². The Kier molecular flexibility index (Phi) is 4.37. The van der Waals surface area contributed by atoms with Gasteiger partial charge in [0.2, 0.25) is 5.91 Å². The summed E-state index contributed by atoms with van der Waals surface area (Å²) in [5, 5.41) is 6.81. The molecule has 0 spiro atoms. The van der Waals surface area contributed by atoms with E-state index in [4.69, 9.17) is 4.74 Å². The van der Waals surface area contributed by atoms with Gasteiger partial charge in [-0.1, -0.05) is 0 Å². The van der Waals surface area contributed by atoms with Gasteiger partial charge in [0.05, 0.1) is 12.8 Å². The molecule has 0 fully saturated rings. The molecule has 6 nitrogen and oxygen atoms in total. The summed E-state index contributed by atoms with van der Waals surface area (Å²) in [5.41, 5.74) is 1.89. The second kappa shape index (κ2) is 6.21. The number of hydrogen-bond donors (Lipinski definition) is 1. The van der Waals surface area contributed by atoms with Crippen molar-refractivity contribution >= 4 is 11.6 Å². The summed E-state index contributed by atoms with van der Waals surface area (Å²) in [6.45, 7) is 3.49. The van der Waals surface area contributed by atoms with Crippen LogP contribution in [-0.2, 0) is 11.3 Å². The molecule has 0 bridgehead atoms. The van der Waals surface area contributed by atoms with E-state index in [0.717, 1.165) is 15.9 Å². The molecule has 6 heteroatoms. The van der Waals surface area contributed by atoms with E-state index in [1.165, 1.54) is 6.07 Å². The molecule has 1 heterocycles. The molecule has 2 aromatic rings. The fraction of sp³-hybridized carbons (Fsp3) is 0.267. The molecule has 0 aliphatic carbocycles. The van der Waals surface area contributed by atoms with Crippen LogP contribution in [0.1, 0.15) is 11.3 Å². The number of amides is 1. The van der Waals surface area contributed by atoms with Crippen molar-refractivity contribution in [2.45, 2.75) is 20.4 Å². The largest absolute Gasteiger partial charge is 0.497 e. The number of anilines is 1. The van der Waals surface area contributed by atoms with Gasteiger partial charge < -0.3 is 10.1 Å². The van der Waals surface area contributed by atoms with Crippen LogP contribution in [0.25, 0.3) is 0 Å². The predicted octanol–water partition coefficient (Wildman–Crippen LogP) is 1.51. The maximum Gasteiger partial charge on any atom is 0.267 e. The highest BCUT2D eigenvalue weighted by Crippen LogP contribution is 2.14. The van der Waals surface area contributed by atoms with Crippen LogP contribution >= 0.6 is 0 Å².